The van der Waals surface area contributed by atoms with Gasteiger partial charge < -0.3 is 16.3 Å². The zero-order valence-electron chi connectivity index (χ0n) is 11.4. The summed E-state index contributed by atoms with van der Waals surface area (Å²) in [6.45, 7) is 2.11. The Morgan fingerprint density at radius 3 is 2.62 bits per heavy atom. The lowest BCUT2D eigenvalue weighted by molar-refractivity contribution is 0.318. The summed E-state index contributed by atoms with van der Waals surface area (Å²) < 4.78 is 26.5. The quantitative estimate of drug-likeness (QED) is 0.351. The van der Waals surface area contributed by atoms with Crippen molar-refractivity contribution < 1.29 is 14.0 Å². The minimum absolute atomic E-state index is 0.159. The maximum absolute atomic E-state index is 13.5. The van der Waals surface area contributed by atoms with Crippen LogP contribution >= 0.6 is 0 Å². The van der Waals surface area contributed by atoms with Gasteiger partial charge in [0.25, 0.3) is 0 Å². The second-order valence-corrected chi connectivity index (χ2v) is 4.65. The Kier molecular flexibility index (Phi) is 4.37. The van der Waals surface area contributed by atoms with Crippen molar-refractivity contribution >= 4 is 11.5 Å². The van der Waals surface area contributed by atoms with Gasteiger partial charge in [-0.3, -0.25) is 0 Å². The number of hydrogen-bond donors (Lipinski definition) is 3. The highest BCUT2D eigenvalue weighted by atomic mass is 19.1. The number of anilines is 1. The summed E-state index contributed by atoms with van der Waals surface area (Å²) in [4.78, 5) is 0. The number of amidine groups is 1. The molecule has 0 bridgehead atoms. The smallest absolute Gasteiger partial charge is 0.170 e. The van der Waals surface area contributed by atoms with Crippen molar-refractivity contribution in [1.82, 2.24) is 0 Å². The summed E-state index contributed by atoms with van der Waals surface area (Å²) in [5.74, 6) is -0.946. The maximum atomic E-state index is 13.5. The number of halogens is 2. The molecule has 0 heterocycles. The predicted molar refractivity (Wildman–Crippen MR) is 77.4 cm³/mol. The first-order valence-electron chi connectivity index (χ1n) is 6.27. The van der Waals surface area contributed by atoms with Gasteiger partial charge >= 0.3 is 0 Å². The van der Waals surface area contributed by atoms with Gasteiger partial charge in [0.05, 0.1) is 0 Å². The van der Waals surface area contributed by atoms with Gasteiger partial charge in [-0.15, -0.1) is 0 Å². The lowest BCUT2D eigenvalue weighted by Crippen LogP contribution is -2.14. The molecule has 2 rings (SSSR count). The van der Waals surface area contributed by atoms with Gasteiger partial charge in [-0.05, 0) is 54.4 Å². The zero-order valence-corrected chi connectivity index (χ0v) is 11.4. The van der Waals surface area contributed by atoms with Gasteiger partial charge in [-0.1, -0.05) is 5.16 Å². The average Bonchev–Trinajstić information content (AvgIpc) is 2.45. The zero-order chi connectivity index (χ0) is 15.4. The van der Waals surface area contributed by atoms with Crippen LogP contribution < -0.4 is 11.1 Å². The number of benzene rings is 2. The van der Waals surface area contributed by atoms with E-state index in [4.69, 9.17) is 10.9 Å². The molecular weight excluding hydrogens is 276 g/mol. The number of aryl methyl sites for hydroxylation is 1. The SMILES string of the molecule is Cc1cc(F)ccc1NCc1cc(F)cc(/C(N)=N/O)c1. The monoisotopic (exact) mass is 291 g/mol. The summed E-state index contributed by atoms with van der Waals surface area (Å²) in [5.41, 5.74) is 7.88. The van der Waals surface area contributed by atoms with Crippen LogP contribution in [0.25, 0.3) is 0 Å². The molecule has 2 aromatic carbocycles. The molecule has 0 aromatic heterocycles. The normalized spacial score (nSPS) is 11.5. The molecule has 0 aliphatic carbocycles. The molecule has 2 aromatic rings. The van der Waals surface area contributed by atoms with E-state index in [1.54, 1.807) is 19.1 Å². The third-order valence-electron chi connectivity index (χ3n) is 3.03. The van der Waals surface area contributed by atoms with Gasteiger partial charge in [-0.2, -0.15) is 0 Å². The Morgan fingerprint density at radius 2 is 1.95 bits per heavy atom. The van der Waals surface area contributed by atoms with Crippen LogP contribution in [0.5, 0.6) is 0 Å². The molecule has 0 spiro atoms. The van der Waals surface area contributed by atoms with E-state index in [9.17, 15) is 8.78 Å². The van der Waals surface area contributed by atoms with Crippen molar-refractivity contribution in [3.05, 3.63) is 64.7 Å². The van der Waals surface area contributed by atoms with E-state index in [0.29, 0.717) is 17.7 Å². The Morgan fingerprint density at radius 1 is 1.19 bits per heavy atom. The Bertz CT molecular complexity index is 687. The van der Waals surface area contributed by atoms with Crippen LogP contribution in [0, 0.1) is 18.6 Å². The molecular formula is C15H15F2N3O. The van der Waals surface area contributed by atoms with E-state index in [1.807, 2.05) is 0 Å². The van der Waals surface area contributed by atoms with Crippen molar-refractivity contribution in [2.75, 3.05) is 5.32 Å². The van der Waals surface area contributed by atoms with Gasteiger partial charge in [0, 0.05) is 17.8 Å². The molecule has 0 saturated heterocycles. The van der Waals surface area contributed by atoms with Gasteiger partial charge in [-0.25, -0.2) is 8.78 Å². The van der Waals surface area contributed by atoms with Crippen LogP contribution in [0.15, 0.2) is 41.6 Å². The second-order valence-electron chi connectivity index (χ2n) is 4.65. The molecule has 0 aliphatic heterocycles. The fraction of sp³-hybridized carbons (Fsp3) is 0.133. The number of nitrogens with one attached hydrogen (secondary N) is 1. The summed E-state index contributed by atoms with van der Waals surface area (Å²) in [6.07, 6.45) is 0. The molecule has 110 valence electrons. The van der Waals surface area contributed by atoms with E-state index >= 15 is 0 Å². The summed E-state index contributed by atoms with van der Waals surface area (Å²) in [6, 6.07) is 8.53. The topological polar surface area (TPSA) is 70.6 Å². The first-order valence-corrected chi connectivity index (χ1v) is 6.27. The molecule has 0 amide bonds. The summed E-state index contributed by atoms with van der Waals surface area (Å²) in [5, 5.41) is 14.6. The minimum Gasteiger partial charge on any atom is -0.409 e. The van der Waals surface area contributed by atoms with Gasteiger partial charge in [0.2, 0.25) is 0 Å². The van der Waals surface area contributed by atoms with Crippen molar-refractivity contribution in [1.29, 1.82) is 0 Å². The van der Waals surface area contributed by atoms with Crippen molar-refractivity contribution in [2.45, 2.75) is 13.5 Å². The molecule has 0 atom stereocenters. The largest absolute Gasteiger partial charge is 0.409 e. The van der Waals surface area contributed by atoms with Crippen molar-refractivity contribution in [2.24, 2.45) is 10.9 Å². The number of hydrogen-bond acceptors (Lipinski definition) is 3. The van der Waals surface area contributed by atoms with E-state index in [0.717, 1.165) is 11.3 Å². The molecule has 21 heavy (non-hydrogen) atoms. The molecule has 0 fully saturated rings. The number of nitrogens with two attached hydrogens (primary N) is 1. The molecule has 0 radical (unpaired) electrons. The van der Waals surface area contributed by atoms with Crippen LogP contribution in [0.4, 0.5) is 14.5 Å². The Labute approximate surface area is 120 Å². The Hall–Kier alpha value is -2.63. The predicted octanol–water partition coefficient (Wildman–Crippen LogP) is 2.98. The third kappa shape index (κ3) is 3.68. The first-order chi connectivity index (χ1) is 9.99. The van der Waals surface area contributed by atoms with Crippen molar-refractivity contribution in [3.63, 3.8) is 0 Å². The highest BCUT2D eigenvalue weighted by molar-refractivity contribution is 5.97. The minimum atomic E-state index is -0.480. The number of nitrogens with zero attached hydrogens (tertiary/aromatic N) is 1. The third-order valence-corrected chi connectivity index (χ3v) is 3.03. The highest BCUT2D eigenvalue weighted by Gasteiger charge is 2.06. The van der Waals surface area contributed by atoms with Crippen LogP contribution in [0.2, 0.25) is 0 Å². The van der Waals surface area contributed by atoms with E-state index in [2.05, 4.69) is 10.5 Å². The maximum Gasteiger partial charge on any atom is 0.170 e. The van der Waals surface area contributed by atoms with E-state index in [-0.39, 0.29) is 11.7 Å². The molecule has 6 heteroatoms. The molecule has 0 unspecified atom stereocenters. The fourth-order valence-corrected chi connectivity index (χ4v) is 1.98. The van der Waals surface area contributed by atoms with Crippen molar-refractivity contribution in [3.8, 4) is 0 Å². The average molecular weight is 291 g/mol. The first kappa shape index (κ1) is 14.8. The molecule has 0 saturated carbocycles. The van der Waals surface area contributed by atoms with Crippen LogP contribution in [-0.2, 0) is 6.54 Å². The van der Waals surface area contributed by atoms with E-state index in [1.165, 1.54) is 24.3 Å². The second kappa shape index (κ2) is 6.21. The lowest BCUT2D eigenvalue weighted by atomic mass is 10.1. The van der Waals surface area contributed by atoms with Crippen LogP contribution in [-0.4, -0.2) is 11.0 Å². The standard InChI is InChI=1S/C15H15F2N3O/c1-9-4-12(16)2-3-14(9)19-8-10-5-11(15(18)20-21)7-13(17)6-10/h2-7,19,21H,8H2,1H3,(H2,18,20). The van der Waals surface area contributed by atoms with Crippen LogP contribution in [0.3, 0.4) is 0 Å². The fourth-order valence-electron chi connectivity index (χ4n) is 1.98. The van der Waals surface area contributed by atoms with Gasteiger partial charge in [0.15, 0.2) is 5.84 Å². The highest BCUT2D eigenvalue weighted by Crippen LogP contribution is 2.17. The Balaban J connectivity index is 2.18. The summed E-state index contributed by atoms with van der Waals surface area (Å²) in [7, 11) is 0. The summed E-state index contributed by atoms with van der Waals surface area (Å²) >= 11 is 0. The van der Waals surface area contributed by atoms with E-state index < -0.39 is 5.82 Å². The molecule has 4 nitrogen and oxygen atoms in total. The lowest BCUT2D eigenvalue weighted by Gasteiger charge is -2.11. The molecule has 0 aliphatic rings. The molecule has 4 N–H and O–H groups in total. The van der Waals surface area contributed by atoms with Gasteiger partial charge in [0.1, 0.15) is 11.6 Å². The number of oxime groups is 1. The van der Waals surface area contributed by atoms with Crippen LogP contribution in [0.1, 0.15) is 16.7 Å². The number of rotatable bonds is 4.